The Labute approximate surface area is 198 Å². The number of pyridine rings is 1. The first kappa shape index (κ1) is 23.4. The molecule has 3 aromatic rings. The molecule has 2 unspecified atom stereocenters. The topological polar surface area (TPSA) is 59.4 Å². The zero-order valence-corrected chi connectivity index (χ0v) is 19.8. The third kappa shape index (κ3) is 4.95. The highest BCUT2D eigenvalue weighted by atomic mass is 35.5. The molecule has 33 heavy (non-hydrogen) atoms. The van der Waals surface area contributed by atoms with Crippen LogP contribution in [0.5, 0.6) is 0 Å². The first-order valence-corrected chi connectivity index (χ1v) is 11.4. The molecule has 1 saturated heterocycles. The van der Waals surface area contributed by atoms with Crippen LogP contribution in [-0.4, -0.2) is 52.7 Å². The van der Waals surface area contributed by atoms with Crippen LogP contribution in [0.15, 0.2) is 48.8 Å². The summed E-state index contributed by atoms with van der Waals surface area (Å²) in [7, 11) is 0. The first-order chi connectivity index (χ1) is 15.9. The maximum Gasteiger partial charge on any atom is 0.253 e. The predicted molar refractivity (Wildman–Crippen MR) is 127 cm³/mol. The Morgan fingerprint density at radius 1 is 1.33 bits per heavy atom. The van der Waals surface area contributed by atoms with Crippen molar-refractivity contribution in [2.75, 3.05) is 26.2 Å². The van der Waals surface area contributed by atoms with Crippen LogP contribution in [0.1, 0.15) is 40.3 Å². The van der Waals surface area contributed by atoms with Gasteiger partial charge in [-0.15, -0.1) is 0 Å². The summed E-state index contributed by atoms with van der Waals surface area (Å²) < 4.78 is 22.5. The van der Waals surface area contributed by atoms with Crippen molar-refractivity contribution >= 4 is 17.5 Å². The predicted octanol–water partition coefficient (Wildman–Crippen LogP) is 4.47. The van der Waals surface area contributed by atoms with E-state index in [1.54, 1.807) is 24.5 Å². The Balaban J connectivity index is 1.59. The lowest BCUT2D eigenvalue weighted by Gasteiger charge is -2.38. The minimum Gasteiger partial charge on any atom is -0.376 e. The third-order valence-electron chi connectivity index (χ3n) is 6.08. The summed E-state index contributed by atoms with van der Waals surface area (Å²) in [5.41, 5.74) is 3.61. The Morgan fingerprint density at radius 3 is 2.85 bits per heavy atom. The highest BCUT2D eigenvalue weighted by Crippen LogP contribution is 2.31. The molecule has 0 bridgehead atoms. The van der Waals surface area contributed by atoms with Gasteiger partial charge >= 0.3 is 0 Å². The fourth-order valence-corrected chi connectivity index (χ4v) is 4.82. The zero-order chi connectivity index (χ0) is 23.5. The van der Waals surface area contributed by atoms with E-state index < -0.39 is 6.04 Å². The van der Waals surface area contributed by atoms with Crippen molar-refractivity contribution in [1.82, 2.24) is 19.8 Å². The number of ether oxygens (including phenoxy) is 1. The standard InChI is InChI=1S/C25H28ClFN4O2/c1-16-12-20(18(3)31(16)19-6-5-9-28-13-19)25(32)29-14-23(30-10-11-33-17(2)15-30)24-21(26)7-4-8-22(24)27/h4-9,12-13,17,23H,10-11,14-15H2,1-3H3,(H,29,32). The number of aromatic nitrogens is 2. The summed E-state index contributed by atoms with van der Waals surface area (Å²) in [6.45, 7) is 7.87. The van der Waals surface area contributed by atoms with Crippen LogP contribution in [0.2, 0.25) is 5.02 Å². The average Bonchev–Trinajstić information content (AvgIpc) is 3.10. The van der Waals surface area contributed by atoms with Crippen molar-refractivity contribution in [2.24, 2.45) is 0 Å². The molecular weight excluding hydrogens is 443 g/mol. The van der Waals surface area contributed by atoms with Gasteiger partial charge in [0.15, 0.2) is 0 Å². The summed E-state index contributed by atoms with van der Waals surface area (Å²) in [4.78, 5) is 19.5. The lowest BCUT2D eigenvalue weighted by atomic mass is 10.0. The second-order valence-electron chi connectivity index (χ2n) is 8.37. The molecule has 0 aliphatic carbocycles. The summed E-state index contributed by atoms with van der Waals surface area (Å²) >= 11 is 6.41. The molecule has 8 heteroatoms. The van der Waals surface area contributed by atoms with Crippen molar-refractivity contribution in [1.29, 1.82) is 0 Å². The molecule has 1 aromatic carbocycles. The number of aryl methyl sites for hydroxylation is 1. The fraction of sp³-hybridized carbons (Fsp3) is 0.360. The van der Waals surface area contributed by atoms with Crippen LogP contribution in [-0.2, 0) is 4.74 Å². The van der Waals surface area contributed by atoms with Gasteiger partial charge in [0.25, 0.3) is 5.91 Å². The number of nitrogens with zero attached hydrogens (tertiary/aromatic N) is 3. The minimum absolute atomic E-state index is 0.0147. The van der Waals surface area contributed by atoms with E-state index in [1.165, 1.54) is 6.07 Å². The second-order valence-corrected chi connectivity index (χ2v) is 8.78. The summed E-state index contributed by atoms with van der Waals surface area (Å²) in [5.74, 6) is -0.590. The van der Waals surface area contributed by atoms with Crippen molar-refractivity contribution in [3.8, 4) is 5.69 Å². The molecule has 2 atom stereocenters. The van der Waals surface area contributed by atoms with Crippen LogP contribution >= 0.6 is 11.6 Å². The van der Waals surface area contributed by atoms with Crippen LogP contribution in [0.25, 0.3) is 5.69 Å². The molecule has 1 amide bonds. The van der Waals surface area contributed by atoms with Crippen molar-refractivity contribution in [3.63, 3.8) is 0 Å². The molecule has 174 valence electrons. The van der Waals surface area contributed by atoms with Crippen LogP contribution < -0.4 is 5.32 Å². The van der Waals surface area contributed by atoms with Gasteiger partial charge < -0.3 is 14.6 Å². The highest BCUT2D eigenvalue weighted by Gasteiger charge is 2.30. The van der Waals surface area contributed by atoms with Gasteiger partial charge in [0, 0.05) is 47.8 Å². The molecule has 4 rings (SSSR count). The van der Waals surface area contributed by atoms with E-state index in [9.17, 15) is 9.18 Å². The van der Waals surface area contributed by atoms with Crippen LogP contribution in [0, 0.1) is 19.7 Å². The van der Waals surface area contributed by atoms with E-state index in [-0.39, 0.29) is 24.4 Å². The number of halogens is 2. The number of morpholine rings is 1. The van der Waals surface area contributed by atoms with E-state index >= 15 is 0 Å². The van der Waals surface area contributed by atoms with Crippen LogP contribution in [0.3, 0.4) is 0 Å². The number of rotatable bonds is 6. The molecule has 3 heterocycles. The van der Waals surface area contributed by atoms with Gasteiger partial charge in [-0.2, -0.15) is 0 Å². The van der Waals surface area contributed by atoms with E-state index in [4.69, 9.17) is 16.3 Å². The number of hydrogen-bond donors (Lipinski definition) is 1. The highest BCUT2D eigenvalue weighted by molar-refractivity contribution is 6.31. The SMILES string of the molecule is Cc1cc(C(=O)NCC(c2c(F)cccc2Cl)N2CCOC(C)C2)c(C)n1-c1cccnc1. The first-order valence-electron chi connectivity index (χ1n) is 11.0. The Morgan fingerprint density at radius 2 is 2.15 bits per heavy atom. The van der Waals surface area contributed by atoms with Crippen molar-refractivity contribution < 1.29 is 13.9 Å². The molecule has 1 aliphatic heterocycles. The van der Waals surface area contributed by atoms with Gasteiger partial charge in [-0.1, -0.05) is 17.7 Å². The van der Waals surface area contributed by atoms with Gasteiger partial charge in [-0.25, -0.2) is 4.39 Å². The normalized spacial score (nSPS) is 17.7. The van der Waals surface area contributed by atoms with E-state index in [1.807, 2.05) is 43.5 Å². The molecule has 1 fully saturated rings. The molecule has 6 nitrogen and oxygen atoms in total. The molecule has 2 aromatic heterocycles. The number of amides is 1. The van der Waals surface area contributed by atoms with Gasteiger partial charge in [0.05, 0.1) is 36.2 Å². The fourth-order valence-electron chi connectivity index (χ4n) is 4.53. The molecular formula is C25H28ClFN4O2. The quantitative estimate of drug-likeness (QED) is 0.577. The zero-order valence-electron chi connectivity index (χ0n) is 19.0. The number of benzene rings is 1. The van der Waals surface area contributed by atoms with Gasteiger partial charge in [-0.05, 0) is 51.1 Å². The number of carbonyl (C=O) groups excluding carboxylic acids is 1. The lowest BCUT2D eigenvalue weighted by molar-refractivity contribution is -0.0346. The van der Waals surface area contributed by atoms with Crippen LogP contribution in [0.4, 0.5) is 4.39 Å². The minimum atomic E-state index is -0.407. The second kappa shape index (κ2) is 10.0. The lowest BCUT2D eigenvalue weighted by Crippen LogP contribution is -2.47. The maximum absolute atomic E-state index is 14.8. The van der Waals surface area contributed by atoms with E-state index in [0.717, 1.165) is 17.1 Å². The summed E-state index contributed by atoms with van der Waals surface area (Å²) in [6, 6.07) is 9.94. The average molecular weight is 471 g/mol. The molecule has 1 N–H and O–H groups in total. The van der Waals surface area contributed by atoms with Gasteiger partial charge in [0.2, 0.25) is 0 Å². The summed E-state index contributed by atoms with van der Waals surface area (Å²) in [6.07, 6.45) is 3.49. The molecule has 0 radical (unpaired) electrons. The van der Waals surface area contributed by atoms with E-state index in [0.29, 0.717) is 35.8 Å². The monoisotopic (exact) mass is 470 g/mol. The largest absolute Gasteiger partial charge is 0.376 e. The van der Waals surface area contributed by atoms with Crippen molar-refractivity contribution in [2.45, 2.75) is 32.9 Å². The van der Waals surface area contributed by atoms with Gasteiger partial charge in [0.1, 0.15) is 5.82 Å². The summed E-state index contributed by atoms with van der Waals surface area (Å²) in [5, 5.41) is 3.37. The molecule has 1 aliphatic rings. The Hall–Kier alpha value is -2.74. The Bertz CT molecular complexity index is 1110. The smallest absolute Gasteiger partial charge is 0.253 e. The number of hydrogen-bond acceptors (Lipinski definition) is 4. The maximum atomic E-state index is 14.8. The molecule has 0 spiro atoms. The van der Waals surface area contributed by atoms with Gasteiger partial charge in [-0.3, -0.25) is 14.7 Å². The number of nitrogens with one attached hydrogen (secondary N) is 1. The Kier molecular flexibility index (Phi) is 7.12. The third-order valence-corrected chi connectivity index (χ3v) is 6.41. The van der Waals surface area contributed by atoms with Crippen molar-refractivity contribution in [3.05, 3.63) is 82.1 Å². The number of carbonyl (C=O) groups is 1. The van der Waals surface area contributed by atoms with E-state index in [2.05, 4.69) is 15.2 Å². The molecule has 0 saturated carbocycles.